The maximum Gasteiger partial charge on any atom is 0.220 e. The predicted molar refractivity (Wildman–Crippen MR) is 127 cm³/mol. The summed E-state index contributed by atoms with van der Waals surface area (Å²) in [6.45, 7) is 7.22. The van der Waals surface area contributed by atoms with E-state index in [9.17, 15) is 4.79 Å². The van der Waals surface area contributed by atoms with Gasteiger partial charge in [0.05, 0.1) is 12.6 Å². The average Bonchev–Trinajstić information content (AvgIpc) is 2.82. The molecule has 0 unspecified atom stereocenters. The van der Waals surface area contributed by atoms with Crippen molar-refractivity contribution in [2.24, 2.45) is 0 Å². The normalized spacial score (nSPS) is 11.4. The number of rotatable bonds is 10. The molecule has 0 fully saturated rings. The largest absolute Gasteiger partial charge is 0.494 e. The molecule has 3 nitrogen and oxygen atoms in total. The Morgan fingerprint density at radius 2 is 1.42 bits per heavy atom. The van der Waals surface area contributed by atoms with Gasteiger partial charge in [0.2, 0.25) is 5.91 Å². The molecule has 0 radical (unpaired) electrons. The summed E-state index contributed by atoms with van der Waals surface area (Å²) in [5.41, 5.74) is 3.64. The molecule has 0 saturated carbocycles. The van der Waals surface area contributed by atoms with Gasteiger partial charge in [0, 0.05) is 6.42 Å². The van der Waals surface area contributed by atoms with Crippen LogP contribution in [0.15, 0.2) is 84.9 Å². The molecule has 0 aliphatic heterocycles. The Balaban J connectivity index is 1.51. The van der Waals surface area contributed by atoms with Crippen molar-refractivity contribution in [3.63, 3.8) is 0 Å². The van der Waals surface area contributed by atoms with Crippen LogP contribution in [0.1, 0.15) is 62.8 Å². The van der Waals surface area contributed by atoms with Crippen molar-refractivity contribution >= 4 is 5.91 Å². The Kier molecular flexibility index (Phi) is 7.88. The molecule has 0 aliphatic rings. The van der Waals surface area contributed by atoms with E-state index >= 15 is 0 Å². The summed E-state index contributed by atoms with van der Waals surface area (Å²) in [6, 6.07) is 28.3. The van der Waals surface area contributed by atoms with E-state index < -0.39 is 0 Å². The molecular formula is C28H33NO2. The zero-order valence-corrected chi connectivity index (χ0v) is 18.8. The van der Waals surface area contributed by atoms with Crippen molar-refractivity contribution in [3.8, 4) is 5.75 Å². The molecule has 0 bridgehead atoms. The van der Waals surface area contributed by atoms with Crippen LogP contribution in [0.25, 0.3) is 0 Å². The molecule has 0 atom stereocenters. The fourth-order valence-electron chi connectivity index (χ4n) is 3.51. The first kappa shape index (κ1) is 22.6. The minimum atomic E-state index is -0.148. The number of carbonyl (C=O) groups is 1. The van der Waals surface area contributed by atoms with E-state index in [2.05, 4.69) is 38.2 Å². The van der Waals surface area contributed by atoms with Crippen molar-refractivity contribution in [1.29, 1.82) is 0 Å². The number of carbonyl (C=O) groups excluding carboxylic acids is 1. The van der Waals surface area contributed by atoms with Gasteiger partial charge >= 0.3 is 0 Å². The third-order valence-corrected chi connectivity index (χ3v) is 5.91. The van der Waals surface area contributed by atoms with E-state index in [1.807, 2.05) is 72.8 Å². The molecule has 3 aromatic rings. The van der Waals surface area contributed by atoms with E-state index in [1.54, 1.807) is 0 Å². The Bertz CT molecular complexity index is 894. The summed E-state index contributed by atoms with van der Waals surface area (Å²) >= 11 is 0. The maximum atomic E-state index is 12.6. The highest BCUT2D eigenvalue weighted by atomic mass is 16.5. The van der Waals surface area contributed by atoms with Crippen LogP contribution in [0.2, 0.25) is 0 Å². The van der Waals surface area contributed by atoms with Gasteiger partial charge in [-0.3, -0.25) is 4.79 Å². The van der Waals surface area contributed by atoms with Crippen LogP contribution >= 0.6 is 0 Å². The second kappa shape index (κ2) is 10.8. The fourth-order valence-corrected chi connectivity index (χ4v) is 3.51. The van der Waals surface area contributed by atoms with Crippen molar-refractivity contribution in [3.05, 3.63) is 102 Å². The summed E-state index contributed by atoms with van der Waals surface area (Å²) in [4.78, 5) is 12.6. The van der Waals surface area contributed by atoms with E-state index in [4.69, 9.17) is 4.74 Å². The van der Waals surface area contributed by atoms with Gasteiger partial charge in [0.1, 0.15) is 5.75 Å². The molecule has 162 valence electrons. The topological polar surface area (TPSA) is 38.3 Å². The van der Waals surface area contributed by atoms with Crippen molar-refractivity contribution in [1.82, 2.24) is 5.32 Å². The zero-order valence-electron chi connectivity index (χ0n) is 18.8. The second-order valence-corrected chi connectivity index (χ2v) is 8.54. The summed E-state index contributed by atoms with van der Waals surface area (Å²) in [6.07, 6.45) is 2.19. The van der Waals surface area contributed by atoms with E-state index in [1.165, 1.54) is 5.56 Å². The van der Waals surface area contributed by atoms with Crippen LogP contribution in [0, 0.1) is 0 Å². The monoisotopic (exact) mass is 415 g/mol. The van der Waals surface area contributed by atoms with Crippen LogP contribution in [-0.4, -0.2) is 12.5 Å². The lowest BCUT2D eigenvalue weighted by Crippen LogP contribution is -2.29. The van der Waals surface area contributed by atoms with Gasteiger partial charge in [-0.1, -0.05) is 93.6 Å². The molecule has 1 amide bonds. The average molecular weight is 416 g/mol. The molecule has 0 aromatic heterocycles. The van der Waals surface area contributed by atoms with E-state index in [0.29, 0.717) is 19.4 Å². The van der Waals surface area contributed by atoms with Crippen LogP contribution in [0.4, 0.5) is 0 Å². The first-order chi connectivity index (χ1) is 15.0. The highest BCUT2D eigenvalue weighted by Crippen LogP contribution is 2.28. The van der Waals surface area contributed by atoms with Crippen LogP contribution in [0.5, 0.6) is 5.75 Å². The lowest BCUT2D eigenvalue weighted by molar-refractivity contribution is -0.121. The standard InChI is InChI=1S/C28H33NO2/c1-4-28(2,3)24-17-19-25(20-18-24)31-21-11-16-26(30)29-27(22-12-7-5-8-13-22)23-14-9-6-10-15-23/h5-10,12-15,17-20,27H,4,11,16,21H2,1-3H3,(H,29,30). The van der Waals surface area contributed by atoms with Crippen molar-refractivity contribution in [2.45, 2.75) is 51.5 Å². The quantitative estimate of drug-likeness (QED) is 0.387. The van der Waals surface area contributed by atoms with Gasteiger partial charge in [-0.15, -0.1) is 0 Å². The molecule has 0 heterocycles. The van der Waals surface area contributed by atoms with Crippen molar-refractivity contribution < 1.29 is 9.53 Å². The molecule has 0 spiro atoms. The smallest absolute Gasteiger partial charge is 0.220 e. The molecule has 0 saturated heterocycles. The minimum Gasteiger partial charge on any atom is -0.494 e. The molecule has 0 aliphatic carbocycles. The van der Waals surface area contributed by atoms with Crippen LogP contribution in [0.3, 0.4) is 0 Å². The number of hydrogen-bond acceptors (Lipinski definition) is 2. The molecule has 3 heteroatoms. The Labute approximate surface area is 186 Å². The lowest BCUT2D eigenvalue weighted by Gasteiger charge is -2.23. The van der Waals surface area contributed by atoms with Crippen LogP contribution in [-0.2, 0) is 10.2 Å². The zero-order chi connectivity index (χ0) is 22.1. The first-order valence-electron chi connectivity index (χ1n) is 11.1. The molecule has 1 N–H and O–H groups in total. The third-order valence-electron chi connectivity index (χ3n) is 5.91. The number of amides is 1. The second-order valence-electron chi connectivity index (χ2n) is 8.54. The van der Waals surface area contributed by atoms with Gasteiger partial charge in [0.15, 0.2) is 0 Å². The number of ether oxygens (including phenoxy) is 1. The SMILES string of the molecule is CCC(C)(C)c1ccc(OCCCC(=O)NC(c2ccccc2)c2ccccc2)cc1. The summed E-state index contributed by atoms with van der Waals surface area (Å²) in [5, 5.41) is 3.18. The summed E-state index contributed by atoms with van der Waals surface area (Å²) < 4.78 is 5.85. The molecular weight excluding hydrogens is 382 g/mol. The lowest BCUT2D eigenvalue weighted by atomic mass is 9.82. The van der Waals surface area contributed by atoms with Crippen LogP contribution < -0.4 is 10.1 Å². The Hall–Kier alpha value is -3.07. The van der Waals surface area contributed by atoms with E-state index in [0.717, 1.165) is 23.3 Å². The highest BCUT2D eigenvalue weighted by molar-refractivity contribution is 5.77. The highest BCUT2D eigenvalue weighted by Gasteiger charge is 2.18. The predicted octanol–water partition coefficient (Wildman–Crippen LogP) is 6.44. The van der Waals surface area contributed by atoms with Gasteiger partial charge in [-0.25, -0.2) is 0 Å². The fraction of sp³-hybridized carbons (Fsp3) is 0.321. The van der Waals surface area contributed by atoms with Gasteiger partial charge in [-0.05, 0) is 47.1 Å². The third kappa shape index (κ3) is 6.45. The Morgan fingerprint density at radius 3 is 1.94 bits per heavy atom. The summed E-state index contributed by atoms with van der Waals surface area (Å²) in [7, 11) is 0. The number of hydrogen-bond donors (Lipinski definition) is 1. The van der Waals surface area contributed by atoms with Crippen molar-refractivity contribution in [2.75, 3.05) is 6.61 Å². The number of benzene rings is 3. The number of nitrogens with one attached hydrogen (secondary N) is 1. The molecule has 3 aromatic carbocycles. The summed E-state index contributed by atoms with van der Waals surface area (Å²) in [5.74, 6) is 0.879. The van der Waals surface area contributed by atoms with Gasteiger partial charge < -0.3 is 10.1 Å². The van der Waals surface area contributed by atoms with Gasteiger partial charge in [0.25, 0.3) is 0 Å². The Morgan fingerprint density at radius 1 is 0.871 bits per heavy atom. The molecule has 31 heavy (non-hydrogen) atoms. The van der Waals surface area contributed by atoms with E-state index in [-0.39, 0.29) is 17.4 Å². The first-order valence-corrected chi connectivity index (χ1v) is 11.1. The molecule has 3 rings (SSSR count). The van der Waals surface area contributed by atoms with Gasteiger partial charge in [-0.2, -0.15) is 0 Å². The maximum absolute atomic E-state index is 12.6. The minimum absolute atomic E-state index is 0.0290.